The maximum absolute atomic E-state index is 12.2. The van der Waals surface area contributed by atoms with Crippen LogP contribution in [0.5, 0.6) is 0 Å². The van der Waals surface area contributed by atoms with E-state index in [1.165, 1.54) is 36.9 Å². The molecule has 0 radical (unpaired) electrons. The Hall–Kier alpha value is -1.84. The molecule has 1 aromatic carbocycles. The van der Waals surface area contributed by atoms with Crippen LogP contribution in [-0.4, -0.2) is 24.7 Å². The van der Waals surface area contributed by atoms with Crippen LogP contribution >= 0.6 is 0 Å². The maximum Gasteiger partial charge on any atom is 0.259 e. The van der Waals surface area contributed by atoms with Crippen molar-refractivity contribution in [3.8, 4) is 0 Å². The summed E-state index contributed by atoms with van der Waals surface area (Å²) in [7, 11) is 0. The Morgan fingerprint density at radius 1 is 1.05 bits per heavy atom. The van der Waals surface area contributed by atoms with E-state index in [0.29, 0.717) is 6.54 Å². The van der Waals surface area contributed by atoms with Crippen molar-refractivity contribution in [1.82, 2.24) is 5.43 Å². The minimum Gasteiger partial charge on any atom is -0.362 e. The number of carbonyl (C=O) groups excluding carboxylic acids is 1. The van der Waals surface area contributed by atoms with E-state index in [2.05, 4.69) is 33.6 Å². The number of para-hydroxylation sites is 1. The zero-order valence-electron chi connectivity index (χ0n) is 13.2. The van der Waals surface area contributed by atoms with Gasteiger partial charge in [0.2, 0.25) is 0 Å². The van der Waals surface area contributed by atoms with Gasteiger partial charge in [-0.2, -0.15) is 5.10 Å². The lowest BCUT2D eigenvalue weighted by Gasteiger charge is -2.30. The molecule has 1 saturated carbocycles. The molecule has 0 unspecified atom stereocenters. The summed E-state index contributed by atoms with van der Waals surface area (Å²) in [6.45, 7) is 1.34. The number of hydrazone groups is 1. The maximum atomic E-state index is 12.2. The first kappa shape index (κ1) is 15.1. The molecular weight excluding hydrogens is 274 g/mol. The molecule has 0 aromatic heterocycles. The first-order valence-corrected chi connectivity index (χ1v) is 8.50. The predicted octanol–water partition coefficient (Wildman–Crippen LogP) is 3.27. The molecule has 1 fully saturated rings. The molecule has 2 aliphatic rings. The molecule has 4 nitrogen and oxygen atoms in total. The Balaban J connectivity index is 1.57. The van der Waals surface area contributed by atoms with Crippen LogP contribution in [0.1, 0.15) is 50.5 Å². The van der Waals surface area contributed by atoms with Crippen molar-refractivity contribution in [2.24, 2.45) is 5.10 Å². The van der Waals surface area contributed by atoms with E-state index >= 15 is 0 Å². The number of fused-ring (bicyclic) bond motifs is 1. The van der Waals surface area contributed by atoms with Crippen molar-refractivity contribution in [3.05, 3.63) is 29.8 Å². The lowest BCUT2D eigenvalue weighted by Crippen LogP contribution is -2.38. The second-order valence-electron chi connectivity index (χ2n) is 6.28. The average Bonchev–Trinajstić information content (AvgIpc) is 2.82. The molecule has 1 aliphatic heterocycles. The van der Waals surface area contributed by atoms with E-state index in [1.54, 1.807) is 0 Å². The van der Waals surface area contributed by atoms with Crippen LogP contribution in [0.3, 0.4) is 0 Å². The molecule has 118 valence electrons. The second-order valence-corrected chi connectivity index (χ2v) is 6.28. The molecule has 1 aliphatic carbocycles. The fourth-order valence-corrected chi connectivity index (χ4v) is 3.37. The Morgan fingerprint density at radius 3 is 2.64 bits per heavy atom. The highest BCUT2D eigenvalue weighted by Crippen LogP contribution is 2.26. The first-order chi connectivity index (χ1) is 10.8. The number of hydrogen-bond donors (Lipinski definition) is 1. The summed E-state index contributed by atoms with van der Waals surface area (Å²) in [6, 6.07) is 8.38. The first-order valence-electron chi connectivity index (χ1n) is 8.50. The largest absolute Gasteiger partial charge is 0.362 e. The number of rotatable bonds is 3. The normalized spacial score (nSPS) is 18.4. The highest BCUT2D eigenvalue weighted by Gasteiger charge is 2.18. The SMILES string of the molecule is O=C(CN1CCCc2ccccc21)NN=C1CCCCCC1. The monoisotopic (exact) mass is 299 g/mol. The highest BCUT2D eigenvalue weighted by molar-refractivity contribution is 5.87. The summed E-state index contributed by atoms with van der Waals surface area (Å²) in [5, 5.41) is 4.36. The Morgan fingerprint density at radius 2 is 1.82 bits per heavy atom. The van der Waals surface area contributed by atoms with Crippen molar-refractivity contribution >= 4 is 17.3 Å². The van der Waals surface area contributed by atoms with Gasteiger partial charge in [0.05, 0.1) is 6.54 Å². The lowest BCUT2D eigenvalue weighted by atomic mass is 10.0. The Kier molecular flexibility index (Phi) is 5.09. The van der Waals surface area contributed by atoms with Gasteiger partial charge >= 0.3 is 0 Å². The van der Waals surface area contributed by atoms with Gasteiger partial charge in [0.1, 0.15) is 0 Å². The van der Waals surface area contributed by atoms with Gasteiger partial charge in [-0.15, -0.1) is 0 Å². The second kappa shape index (κ2) is 7.43. The third-order valence-corrected chi connectivity index (χ3v) is 4.56. The highest BCUT2D eigenvalue weighted by atomic mass is 16.2. The quantitative estimate of drug-likeness (QED) is 0.688. The van der Waals surface area contributed by atoms with Crippen molar-refractivity contribution in [2.75, 3.05) is 18.0 Å². The lowest BCUT2D eigenvalue weighted by molar-refractivity contribution is -0.119. The molecule has 0 spiro atoms. The number of aryl methyl sites for hydroxylation is 1. The van der Waals surface area contributed by atoms with Gasteiger partial charge in [0.15, 0.2) is 0 Å². The van der Waals surface area contributed by atoms with Crippen LogP contribution in [-0.2, 0) is 11.2 Å². The van der Waals surface area contributed by atoms with Gasteiger partial charge in [-0.25, -0.2) is 5.43 Å². The molecule has 1 heterocycles. The van der Waals surface area contributed by atoms with Gasteiger partial charge in [-0.05, 0) is 50.2 Å². The fraction of sp³-hybridized carbons (Fsp3) is 0.556. The van der Waals surface area contributed by atoms with Crippen molar-refractivity contribution in [1.29, 1.82) is 0 Å². The van der Waals surface area contributed by atoms with Crippen LogP contribution in [0, 0.1) is 0 Å². The molecule has 1 amide bonds. The number of anilines is 1. The number of amides is 1. The van der Waals surface area contributed by atoms with Crippen LogP contribution in [0.2, 0.25) is 0 Å². The van der Waals surface area contributed by atoms with E-state index < -0.39 is 0 Å². The van der Waals surface area contributed by atoms with E-state index in [1.807, 2.05) is 6.07 Å². The summed E-state index contributed by atoms with van der Waals surface area (Å²) in [5.74, 6) is -0.00606. The molecule has 0 bridgehead atoms. The Labute approximate surface area is 132 Å². The summed E-state index contributed by atoms with van der Waals surface area (Å²) in [6.07, 6.45) is 9.27. The van der Waals surface area contributed by atoms with Crippen LogP contribution < -0.4 is 10.3 Å². The number of carbonyl (C=O) groups is 1. The van der Waals surface area contributed by atoms with Gasteiger partial charge in [-0.3, -0.25) is 4.79 Å². The summed E-state index contributed by atoms with van der Waals surface area (Å²) in [4.78, 5) is 14.4. The van der Waals surface area contributed by atoms with Gasteiger partial charge in [0, 0.05) is 17.9 Å². The zero-order chi connectivity index (χ0) is 15.2. The number of benzene rings is 1. The third kappa shape index (κ3) is 3.87. The van der Waals surface area contributed by atoms with E-state index in [4.69, 9.17) is 0 Å². The molecule has 3 rings (SSSR count). The summed E-state index contributed by atoms with van der Waals surface area (Å²) >= 11 is 0. The third-order valence-electron chi connectivity index (χ3n) is 4.56. The van der Waals surface area contributed by atoms with Crippen molar-refractivity contribution in [3.63, 3.8) is 0 Å². The number of hydrogen-bond acceptors (Lipinski definition) is 3. The molecule has 0 saturated heterocycles. The summed E-state index contributed by atoms with van der Waals surface area (Å²) in [5.41, 5.74) is 6.47. The number of nitrogens with one attached hydrogen (secondary N) is 1. The molecule has 22 heavy (non-hydrogen) atoms. The fourth-order valence-electron chi connectivity index (χ4n) is 3.37. The minimum atomic E-state index is -0.00606. The predicted molar refractivity (Wildman–Crippen MR) is 90.3 cm³/mol. The standard InChI is InChI=1S/C18H25N3O/c22-18(20-19-16-10-3-1-2-4-11-16)14-21-13-7-9-15-8-5-6-12-17(15)21/h5-6,8,12H,1-4,7,9-11,13-14H2,(H,20,22). The van der Waals surface area contributed by atoms with Crippen LogP contribution in [0.25, 0.3) is 0 Å². The summed E-state index contributed by atoms with van der Waals surface area (Å²) < 4.78 is 0. The molecule has 4 heteroatoms. The van der Waals surface area contributed by atoms with Crippen LogP contribution in [0.15, 0.2) is 29.4 Å². The zero-order valence-corrected chi connectivity index (χ0v) is 13.2. The topological polar surface area (TPSA) is 44.7 Å². The van der Waals surface area contributed by atoms with Gasteiger partial charge in [-0.1, -0.05) is 31.0 Å². The van der Waals surface area contributed by atoms with E-state index in [-0.39, 0.29) is 5.91 Å². The smallest absolute Gasteiger partial charge is 0.259 e. The molecule has 0 atom stereocenters. The molecule has 1 N–H and O–H groups in total. The Bertz CT molecular complexity index is 543. The van der Waals surface area contributed by atoms with E-state index in [9.17, 15) is 4.79 Å². The van der Waals surface area contributed by atoms with Crippen molar-refractivity contribution < 1.29 is 4.79 Å². The van der Waals surface area contributed by atoms with Gasteiger partial charge in [0.25, 0.3) is 5.91 Å². The van der Waals surface area contributed by atoms with Crippen molar-refractivity contribution in [2.45, 2.75) is 51.4 Å². The number of nitrogens with zero attached hydrogens (tertiary/aromatic N) is 2. The van der Waals surface area contributed by atoms with Gasteiger partial charge < -0.3 is 4.90 Å². The van der Waals surface area contributed by atoms with Crippen LogP contribution in [0.4, 0.5) is 5.69 Å². The average molecular weight is 299 g/mol. The minimum absolute atomic E-state index is 0.00606. The molecule has 1 aromatic rings. The van der Waals surface area contributed by atoms with E-state index in [0.717, 1.165) is 37.9 Å². The molecular formula is C18H25N3O.